The van der Waals surface area contributed by atoms with Gasteiger partial charge in [0.2, 0.25) is 0 Å². The normalized spacial score (nSPS) is 18.3. The summed E-state index contributed by atoms with van der Waals surface area (Å²) in [4.78, 5) is 51.3. The molecule has 3 N–H and O–H groups in total. The Hall–Kier alpha value is -3.84. The van der Waals surface area contributed by atoms with E-state index in [1.165, 1.54) is 83.5 Å². The highest BCUT2D eigenvalue weighted by Crippen LogP contribution is 2.26. The lowest BCUT2D eigenvalue weighted by atomic mass is 9.98. The van der Waals surface area contributed by atoms with Crippen molar-refractivity contribution in [3.8, 4) is 0 Å². The van der Waals surface area contributed by atoms with Crippen LogP contribution >= 0.6 is 0 Å². The first-order valence-corrected chi connectivity index (χ1v) is 31.9. The number of carbonyl (C=O) groups excluding carboxylic acids is 3. The fourth-order valence-electron chi connectivity index (χ4n) is 9.35. The van der Waals surface area contributed by atoms with E-state index in [-0.39, 0.29) is 25.9 Å². The molecule has 454 valence electrons. The molecule has 0 saturated carbocycles. The van der Waals surface area contributed by atoms with Crippen LogP contribution in [0.5, 0.6) is 0 Å². The third-order valence-corrected chi connectivity index (χ3v) is 14.2. The summed E-state index contributed by atoms with van der Waals surface area (Å²) in [6.45, 7) is 5.86. The van der Waals surface area contributed by atoms with Crippen molar-refractivity contribution in [2.24, 2.45) is 0 Å². The van der Waals surface area contributed by atoms with E-state index in [1.54, 1.807) is 0 Å². The van der Waals surface area contributed by atoms with Crippen LogP contribution in [-0.2, 0) is 42.9 Å². The summed E-state index contributed by atoms with van der Waals surface area (Å²) in [5.41, 5.74) is 0. The van der Waals surface area contributed by atoms with Gasteiger partial charge < -0.3 is 39.0 Å². The average Bonchev–Trinajstić information content (AvgIpc) is 3.44. The van der Waals surface area contributed by atoms with E-state index < -0.39 is 67.3 Å². The van der Waals surface area contributed by atoms with Gasteiger partial charge in [-0.1, -0.05) is 222 Å². The molecular formula is C67H114O12. The lowest BCUT2D eigenvalue weighted by Crippen LogP contribution is -2.61. The number of unbranched alkanes of at least 4 members (excludes halogenated alkanes) is 28. The zero-order valence-corrected chi connectivity index (χ0v) is 50.1. The van der Waals surface area contributed by atoms with Crippen LogP contribution in [-0.4, -0.2) is 89.2 Å². The molecule has 12 heteroatoms. The Bertz CT molecular complexity index is 1650. The number of carbonyl (C=O) groups is 4. The minimum Gasteiger partial charge on any atom is -0.479 e. The van der Waals surface area contributed by atoms with Gasteiger partial charge in [-0.25, -0.2) is 4.79 Å². The lowest BCUT2D eigenvalue weighted by Gasteiger charge is -2.40. The molecule has 0 aromatic carbocycles. The summed E-state index contributed by atoms with van der Waals surface area (Å²) < 4.78 is 28.5. The molecule has 1 rings (SSSR count). The van der Waals surface area contributed by atoms with Gasteiger partial charge in [0.05, 0.1) is 6.61 Å². The standard InChI is InChI=1S/C67H114O12/c1-4-7-10-13-16-19-22-25-27-29-30-32-33-36-38-41-44-47-50-53-59(68)75-56-58(77-60(69)54-51-48-45-42-40-37-34-31-28-26-23-20-17-14-11-8-5-2)57-76-67-65(63(72)62(71)64(79-67)66(73)74)78-61(70)55-52-49-46-43-39-35-24-21-18-15-12-9-6-3/h7,10,16,19,21,24-28,30,32,58,62-65,67,71-72H,4-6,8-9,11-15,17-18,20,22-23,29,31,33-57H2,1-3H3,(H,73,74)/b10-7-,19-16-,24-21-,27-25-,28-26-,32-30-. The summed E-state index contributed by atoms with van der Waals surface area (Å²) in [5, 5.41) is 31.5. The van der Waals surface area contributed by atoms with Gasteiger partial charge in [0.1, 0.15) is 18.8 Å². The number of esters is 3. The van der Waals surface area contributed by atoms with Crippen molar-refractivity contribution in [3.63, 3.8) is 0 Å². The second kappa shape index (κ2) is 54.7. The van der Waals surface area contributed by atoms with E-state index in [1.807, 2.05) is 0 Å². The molecule has 1 aliphatic rings. The van der Waals surface area contributed by atoms with Crippen LogP contribution in [0.25, 0.3) is 0 Å². The summed E-state index contributed by atoms with van der Waals surface area (Å²) in [5.74, 6) is -3.14. The highest BCUT2D eigenvalue weighted by atomic mass is 16.7. The van der Waals surface area contributed by atoms with Gasteiger partial charge in [-0.3, -0.25) is 14.4 Å². The van der Waals surface area contributed by atoms with Crippen molar-refractivity contribution >= 4 is 23.9 Å². The van der Waals surface area contributed by atoms with Gasteiger partial charge in [0, 0.05) is 19.3 Å². The van der Waals surface area contributed by atoms with E-state index >= 15 is 0 Å². The monoisotopic (exact) mass is 1110 g/mol. The molecule has 0 amide bonds. The Morgan fingerprint density at radius 2 is 0.797 bits per heavy atom. The zero-order chi connectivity index (χ0) is 57.5. The third-order valence-electron chi connectivity index (χ3n) is 14.2. The molecular weight excluding hydrogens is 997 g/mol. The summed E-state index contributed by atoms with van der Waals surface area (Å²) in [6.07, 6.45) is 57.2. The number of rotatable bonds is 54. The van der Waals surface area contributed by atoms with Crippen LogP contribution in [0.4, 0.5) is 0 Å². The molecule has 1 aliphatic heterocycles. The smallest absolute Gasteiger partial charge is 0.335 e. The predicted molar refractivity (Wildman–Crippen MR) is 322 cm³/mol. The highest BCUT2D eigenvalue weighted by molar-refractivity contribution is 5.74. The zero-order valence-electron chi connectivity index (χ0n) is 50.1. The van der Waals surface area contributed by atoms with Gasteiger partial charge in [-0.2, -0.15) is 0 Å². The number of carboxylic acids is 1. The molecule has 0 radical (unpaired) electrons. The first-order valence-electron chi connectivity index (χ1n) is 31.9. The van der Waals surface area contributed by atoms with Crippen molar-refractivity contribution < 1.29 is 58.2 Å². The van der Waals surface area contributed by atoms with E-state index in [2.05, 4.69) is 93.7 Å². The Balaban J connectivity index is 2.68. The van der Waals surface area contributed by atoms with E-state index in [0.29, 0.717) is 19.3 Å². The molecule has 6 unspecified atom stereocenters. The van der Waals surface area contributed by atoms with Crippen LogP contribution in [0, 0.1) is 0 Å². The average molecular weight is 1110 g/mol. The van der Waals surface area contributed by atoms with Gasteiger partial charge in [-0.05, 0) is 109 Å². The summed E-state index contributed by atoms with van der Waals surface area (Å²) in [7, 11) is 0. The van der Waals surface area contributed by atoms with Crippen LogP contribution in [0.2, 0.25) is 0 Å². The van der Waals surface area contributed by atoms with Gasteiger partial charge in [0.15, 0.2) is 24.6 Å². The van der Waals surface area contributed by atoms with Crippen LogP contribution < -0.4 is 0 Å². The topological polar surface area (TPSA) is 175 Å². The molecule has 12 nitrogen and oxygen atoms in total. The molecule has 79 heavy (non-hydrogen) atoms. The number of aliphatic hydroxyl groups excluding tert-OH is 2. The number of hydrogen-bond acceptors (Lipinski definition) is 11. The van der Waals surface area contributed by atoms with Gasteiger partial charge in [-0.15, -0.1) is 0 Å². The molecule has 0 bridgehead atoms. The molecule has 1 saturated heterocycles. The van der Waals surface area contributed by atoms with Gasteiger partial charge in [0.25, 0.3) is 0 Å². The fraction of sp³-hybridized carbons (Fsp3) is 0.761. The van der Waals surface area contributed by atoms with E-state index in [4.69, 9.17) is 23.7 Å². The molecule has 0 spiro atoms. The SMILES string of the molecule is CC/C=C\C/C=C\C/C=C\C/C=C\CCCCCCCCC(=O)OCC(COC1OC(C(=O)O)C(O)C(O)C1OC(=O)CCCCCCC/C=C\CCCCCC)OC(=O)CCCCCCCCC/C=C\CCCCCCCC. The van der Waals surface area contributed by atoms with Crippen LogP contribution in [0.15, 0.2) is 72.9 Å². The van der Waals surface area contributed by atoms with Crippen molar-refractivity contribution in [2.45, 2.75) is 314 Å². The van der Waals surface area contributed by atoms with Crippen molar-refractivity contribution in [2.75, 3.05) is 13.2 Å². The van der Waals surface area contributed by atoms with Crippen LogP contribution in [0.1, 0.15) is 278 Å². The predicted octanol–water partition coefficient (Wildman–Crippen LogP) is 16.9. The molecule has 0 aromatic rings. The van der Waals surface area contributed by atoms with E-state index in [0.717, 1.165) is 135 Å². The minimum atomic E-state index is -1.91. The van der Waals surface area contributed by atoms with Crippen molar-refractivity contribution in [1.29, 1.82) is 0 Å². The quantitative estimate of drug-likeness (QED) is 0.0228. The second-order valence-corrected chi connectivity index (χ2v) is 21.7. The third kappa shape index (κ3) is 44.5. The number of hydrogen-bond donors (Lipinski definition) is 3. The highest BCUT2D eigenvalue weighted by Gasteiger charge is 2.50. The van der Waals surface area contributed by atoms with Gasteiger partial charge >= 0.3 is 23.9 Å². The lowest BCUT2D eigenvalue weighted by molar-refractivity contribution is -0.301. The number of allylic oxidation sites excluding steroid dienone is 12. The first kappa shape index (κ1) is 73.2. The second-order valence-electron chi connectivity index (χ2n) is 21.7. The maximum absolute atomic E-state index is 13.2. The Morgan fingerprint density at radius 3 is 1.24 bits per heavy atom. The maximum Gasteiger partial charge on any atom is 0.335 e. The Morgan fingerprint density at radius 1 is 0.430 bits per heavy atom. The fourth-order valence-corrected chi connectivity index (χ4v) is 9.35. The molecule has 0 aromatic heterocycles. The Labute approximate surface area is 480 Å². The molecule has 1 heterocycles. The summed E-state index contributed by atoms with van der Waals surface area (Å²) >= 11 is 0. The number of ether oxygens (including phenoxy) is 5. The maximum atomic E-state index is 13.2. The van der Waals surface area contributed by atoms with Crippen molar-refractivity contribution in [1.82, 2.24) is 0 Å². The minimum absolute atomic E-state index is 0.0475. The number of aliphatic carboxylic acids is 1. The largest absolute Gasteiger partial charge is 0.479 e. The summed E-state index contributed by atoms with van der Waals surface area (Å²) in [6, 6.07) is 0. The number of carboxylic acid groups (broad SMARTS) is 1. The van der Waals surface area contributed by atoms with E-state index in [9.17, 15) is 34.5 Å². The van der Waals surface area contributed by atoms with Crippen molar-refractivity contribution in [3.05, 3.63) is 72.9 Å². The molecule has 6 atom stereocenters. The first-order chi connectivity index (χ1) is 38.6. The molecule has 1 fully saturated rings. The van der Waals surface area contributed by atoms with Crippen LogP contribution in [0.3, 0.4) is 0 Å². The Kier molecular flexibility index (Phi) is 50.7. The number of aliphatic hydroxyl groups is 2. The molecule has 0 aliphatic carbocycles.